The summed E-state index contributed by atoms with van der Waals surface area (Å²) >= 11 is 0. The minimum Gasteiger partial charge on any atom is -0.480 e. The molecule has 1 atom stereocenters. The van der Waals surface area contributed by atoms with Crippen molar-refractivity contribution < 1.29 is 28.2 Å². The zero-order valence-electron chi connectivity index (χ0n) is 15.7. The van der Waals surface area contributed by atoms with Gasteiger partial charge in [-0.15, -0.1) is 0 Å². The third-order valence-corrected chi connectivity index (χ3v) is 4.74. The number of hydrogen-bond acceptors (Lipinski definition) is 5. The molecular formula is C20H24F2N2O4. The van der Waals surface area contributed by atoms with Gasteiger partial charge in [0.05, 0.1) is 19.3 Å². The van der Waals surface area contributed by atoms with Gasteiger partial charge in [-0.25, -0.2) is 0 Å². The van der Waals surface area contributed by atoms with Crippen LogP contribution in [0.25, 0.3) is 10.8 Å². The summed E-state index contributed by atoms with van der Waals surface area (Å²) in [7, 11) is 1.73. The normalized spacial score (nSPS) is 18.1. The van der Waals surface area contributed by atoms with E-state index in [2.05, 4.69) is 4.90 Å². The second-order valence-corrected chi connectivity index (χ2v) is 6.96. The monoisotopic (exact) mass is 394 g/mol. The van der Waals surface area contributed by atoms with Crippen LogP contribution in [-0.2, 0) is 16.1 Å². The van der Waals surface area contributed by atoms with E-state index < -0.39 is 12.6 Å². The largest absolute Gasteiger partial charge is 0.480 e. The second-order valence-electron chi connectivity index (χ2n) is 6.96. The maximum atomic E-state index is 12.9. The molecule has 1 unspecified atom stereocenters. The Kier molecular flexibility index (Phi) is 6.77. The van der Waals surface area contributed by atoms with Crippen molar-refractivity contribution in [2.45, 2.75) is 19.3 Å². The fraction of sp³-hybridized carbons (Fsp3) is 0.450. The van der Waals surface area contributed by atoms with Crippen LogP contribution in [0.3, 0.4) is 0 Å². The van der Waals surface area contributed by atoms with Gasteiger partial charge in [-0.05, 0) is 23.9 Å². The molecule has 2 aromatic carbocycles. The van der Waals surface area contributed by atoms with E-state index in [0.29, 0.717) is 32.8 Å². The minimum absolute atomic E-state index is 0.0600. The van der Waals surface area contributed by atoms with Gasteiger partial charge in [-0.1, -0.05) is 30.3 Å². The van der Waals surface area contributed by atoms with E-state index in [1.54, 1.807) is 24.1 Å². The molecule has 1 aliphatic rings. The number of morpholine rings is 1. The van der Waals surface area contributed by atoms with Crippen molar-refractivity contribution >= 4 is 16.7 Å². The molecule has 0 aliphatic carbocycles. The van der Waals surface area contributed by atoms with Crippen LogP contribution < -0.4 is 4.74 Å². The molecular weight excluding hydrogens is 370 g/mol. The van der Waals surface area contributed by atoms with Gasteiger partial charge < -0.3 is 14.6 Å². The molecule has 0 bridgehead atoms. The van der Waals surface area contributed by atoms with Gasteiger partial charge in [-0.2, -0.15) is 8.78 Å². The highest BCUT2D eigenvalue weighted by Crippen LogP contribution is 2.31. The highest BCUT2D eigenvalue weighted by Gasteiger charge is 2.24. The molecule has 1 fully saturated rings. The van der Waals surface area contributed by atoms with Crippen LogP contribution >= 0.6 is 0 Å². The number of carboxylic acid groups (broad SMARTS) is 1. The van der Waals surface area contributed by atoms with E-state index in [9.17, 15) is 13.6 Å². The number of carbonyl (C=O) groups is 1. The number of rotatable bonds is 8. The van der Waals surface area contributed by atoms with Gasteiger partial charge in [0.25, 0.3) is 0 Å². The van der Waals surface area contributed by atoms with Gasteiger partial charge in [0.2, 0.25) is 0 Å². The highest BCUT2D eigenvalue weighted by molar-refractivity contribution is 5.87. The molecule has 1 heterocycles. The Balaban J connectivity index is 1.76. The Morgan fingerprint density at radius 1 is 1.36 bits per heavy atom. The molecule has 3 rings (SSSR count). The Morgan fingerprint density at radius 2 is 2.14 bits per heavy atom. The number of halogens is 2. The summed E-state index contributed by atoms with van der Waals surface area (Å²) in [6, 6.07) is 11.0. The summed E-state index contributed by atoms with van der Waals surface area (Å²) in [5.41, 5.74) is 0.720. The lowest BCUT2D eigenvalue weighted by Gasteiger charge is -2.35. The summed E-state index contributed by atoms with van der Waals surface area (Å²) in [4.78, 5) is 14.7. The number of benzene rings is 2. The maximum absolute atomic E-state index is 12.9. The molecule has 0 amide bonds. The SMILES string of the molecule is CN(CC(=O)O)CC1CN(Cc2c(OC(F)F)ccc3ccccc23)CCO1. The van der Waals surface area contributed by atoms with Gasteiger partial charge >= 0.3 is 12.6 Å². The van der Waals surface area contributed by atoms with E-state index in [4.69, 9.17) is 14.6 Å². The highest BCUT2D eigenvalue weighted by atomic mass is 19.3. The predicted molar refractivity (Wildman–Crippen MR) is 101 cm³/mol. The van der Waals surface area contributed by atoms with E-state index in [1.807, 2.05) is 24.3 Å². The van der Waals surface area contributed by atoms with Crippen molar-refractivity contribution in [3.05, 3.63) is 42.0 Å². The molecule has 0 saturated carbocycles. The van der Waals surface area contributed by atoms with Crippen molar-refractivity contribution in [1.82, 2.24) is 9.80 Å². The van der Waals surface area contributed by atoms with Crippen LogP contribution in [0, 0.1) is 0 Å². The minimum atomic E-state index is -2.89. The van der Waals surface area contributed by atoms with Crippen LogP contribution in [0.4, 0.5) is 8.78 Å². The average Bonchev–Trinajstić information content (AvgIpc) is 2.63. The van der Waals surface area contributed by atoms with Crippen LogP contribution in [0.15, 0.2) is 36.4 Å². The maximum Gasteiger partial charge on any atom is 0.387 e. The number of carboxylic acids is 1. The quantitative estimate of drug-likeness (QED) is 0.743. The zero-order chi connectivity index (χ0) is 20.1. The van der Waals surface area contributed by atoms with Crippen molar-refractivity contribution in [1.29, 1.82) is 0 Å². The summed E-state index contributed by atoms with van der Waals surface area (Å²) in [5.74, 6) is -0.709. The number of nitrogens with zero attached hydrogens (tertiary/aromatic N) is 2. The summed E-state index contributed by atoms with van der Waals surface area (Å²) < 4.78 is 36.3. The molecule has 1 N–H and O–H groups in total. The predicted octanol–water partition coefficient (Wildman–Crippen LogP) is 2.66. The number of fused-ring (bicyclic) bond motifs is 1. The number of likely N-dealkylation sites (N-methyl/N-ethyl adjacent to an activating group) is 1. The summed E-state index contributed by atoms with van der Waals surface area (Å²) in [5, 5.41) is 10.7. The first-order valence-electron chi connectivity index (χ1n) is 9.12. The second kappa shape index (κ2) is 9.27. The Morgan fingerprint density at radius 3 is 2.89 bits per heavy atom. The zero-order valence-corrected chi connectivity index (χ0v) is 15.7. The van der Waals surface area contributed by atoms with Crippen molar-refractivity contribution in [2.24, 2.45) is 0 Å². The molecule has 8 heteroatoms. The first-order chi connectivity index (χ1) is 13.4. The lowest BCUT2D eigenvalue weighted by Crippen LogP contribution is -2.47. The van der Waals surface area contributed by atoms with Gasteiger partial charge in [0.1, 0.15) is 5.75 Å². The van der Waals surface area contributed by atoms with Crippen LogP contribution in [-0.4, -0.2) is 73.4 Å². The number of alkyl halides is 2. The Hall–Kier alpha value is -2.29. The standard InChI is InChI=1S/C20H24F2N2O4/c1-23(13-19(25)26)10-15-11-24(8-9-27-15)12-17-16-5-3-2-4-14(16)6-7-18(17)28-20(21)22/h2-7,15,20H,8-13H2,1H3,(H,25,26). The molecule has 2 aromatic rings. The van der Waals surface area contributed by atoms with Crippen molar-refractivity contribution in [2.75, 3.05) is 39.8 Å². The molecule has 152 valence electrons. The lowest BCUT2D eigenvalue weighted by molar-refractivity contribution is -0.138. The van der Waals surface area contributed by atoms with E-state index in [0.717, 1.165) is 16.3 Å². The molecule has 1 aliphatic heterocycles. The van der Waals surface area contributed by atoms with Crippen LogP contribution in [0.1, 0.15) is 5.56 Å². The Labute approximate surface area is 162 Å². The molecule has 1 saturated heterocycles. The van der Waals surface area contributed by atoms with E-state index in [1.165, 1.54) is 0 Å². The van der Waals surface area contributed by atoms with Gasteiger partial charge in [0.15, 0.2) is 0 Å². The summed E-state index contributed by atoms with van der Waals surface area (Å²) in [6.45, 7) is -0.263. The smallest absolute Gasteiger partial charge is 0.387 e. The third-order valence-electron chi connectivity index (χ3n) is 4.74. The fourth-order valence-corrected chi connectivity index (χ4v) is 3.59. The molecule has 6 nitrogen and oxygen atoms in total. The van der Waals surface area contributed by atoms with Crippen LogP contribution in [0.5, 0.6) is 5.75 Å². The first kappa shape index (κ1) is 20.4. The third kappa shape index (κ3) is 5.37. The van der Waals surface area contributed by atoms with Gasteiger partial charge in [-0.3, -0.25) is 14.6 Å². The van der Waals surface area contributed by atoms with Crippen LogP contribution in [0.2, 0.25) is 0 Å². The van der Waals surface area contributed by atoms with Crippen molar-refractivity contribution in [3.8, 4) is 5.75 Å². The topological polar surface area (TPSA) is 62.2 Å². The Bertz CT molecular complexity index is 818. The molecule has 28 heavy (non-hydrogen) atoms. The lowest BCUT2D eigenvalue weighted by atomic mass is 10.0. The number of aliphatic carboxylic acids is 1. The first-order valence-corrected chi connectivity index (χ1v) is 9.12. The number of ether oxygens (including phenoxy) is 2. The molecule has 0 spiro atoms. The summed E-state index contributed by atoms with van der Waals surface area (Å²) in [6.07, 6.45) is -0.146. The molecule has 0 aromatic heterocycles. The van der Waals surface area contributed by atoms with Crippen molar-refractivity contribution in [3.63, 3.8) is 0 Å². The number of hydrogen-bond donors (Lipinski definition) is 1. The van der Waals surface area contributed by atoms with E-state index in [-0.39, 0.29) is 18.4 Å². The fourth-order valence-electron chi connectivity index (χ4n) is 3.59. The molecule has 0 radical (unpaired) electrons. The van der Waals surface area contributed by atoms with E-state index >= 15 is 0 Å². The van der Waals surface area contributed by atoms with Gasteiger partial charge in [0, 0.05) is 31.7 Å². The average molecular weight is 394 g/mol.